The Morgan fingerprint density at radius 3 is 2.56 bits per heavy atom. The Morgan fingerprint density at radius 2 is 1.94 bits per heavy atom. The number of ether oxygens (including phenoxy) is 3. The first-order valence-electron chi connectivity index (χ1n) is 11.5. The smallest absolute Gasteiger partial charge is 0.471 e. The largest absolute Gasteiger partial charge is 0.491 e. The molecule has 1 aromatic rings. The van der Waals surface area contributed by atoms with E-state index in [1.807, 2.05) is 13.0 Å². The molecule has 7 nitrogen and oxygen atoms in total. The summed E-state index contributed by atoms with van der Waals surface area (Å²) in [6.45, 7) is 3.47. The zero-order chi connectivity index (χ0) is 26.5. The topological polar surface area (TPSA) is 78.0 Å². The van der Waals surface area contributed by atoms with Crippen LogP contribution in [0.25, 0.3) is 0 Å². The van der Waals surface area contributed by atoms with Gasteiger partial charge in [-0.2, -0.15) is 13.2 Å². The van der Waals surface area contributed by atoms with Crippen molar-refractivity contribution in [2.45, 2.75) is 44.2 Å². The Bertz CT molecular complexity index is 1010. The van der Waals surface area contributed by atoms with E-state index in [2.05, 4.69) is 4.98 Å². The highest BCUT2D eigenvalue weighted by Gasteiger charge is 2.46. The van der Waals surface area contributed by atoms with Crippen LogP contribution in [0.4, 0.5) is 13.2 Å². The number of amides is 1. The Kier molecular flexibility index (Phi) is 9.52. The lowest BCUT2D eigenvalue weighted by Crippen LogP contribution is -2.50. The summed E-state index contributed by atoms with van der Waals surface area (Å²) in [6.07, 6.45) is -0.881. The summed E-state index contributed by atoms with van der Waals surface area (Å²) >= 11 is 12.5. The molecule has 0 spiro atoms. The van der Waals surface area contributed by atoms with Gasteiger partial charge in [0.05, 0.1) is 22.9 Å². The molecule has 0 N–H and O–H groups in total. The molecule has 1 amide bonds. The summed E-state index contributed by atoms with van der Waals surface area (Å²) in [4.78, 5) is 29.1. The van der Waals surface area contributed by atoms with Gasteiger partial charge < -0.3 is 19.1 Å². The fraction of sp³-hybridized carbons (Fsp3) is 0.542. The zero-order valence-electron chi connectivity index (χ0n) is 19.8. The third-order valence-corrected chi connectivity index (χ3v) is 6.55. The normalized spacial score (nSPS) is 22.7. The molecule has 3 rings (SSSR count). The molecule has 12 heteroatoms. The van der Waals surface area contributed by atoms with Crippen molar-refractivity contribution in [2.24, 2.45) is 5.92 Å². The van der Waals surface area contributed by atoms with E-state index in [1.54, 1.807) is 19.1 Å². The van der Waals surface area contributed by atoms with Gasteiger partial charge in [-0.25, -0.2) is 4.98 Å². The van der Waals surface area contributed by atoms with Crippen LogP contribution in [0, 0.1) is 5.92 Å². The summed E-state index contributed by atoms with van der Waals surface area (Å²) in [7, 11) is 0. The van der Waals surface area contributed by atoms with Crippen LogP contribution in [0.5, 0.6) is 5.88 Å². The van der Waals surface area contributed by atoms with Crippen LogP contribution < -0.4 is 4.74 Å². The number of carbonyl (C=O) groups excluding carboxylic acids is 2. The predicted octanol–water partition coefficient (Wildman–Crippen LogP) is 4.94. The third-order valence-electron chi connectivity index (χ3n) is 5.90. The number of nitrogens with zero attached hydrogens (tertiary/aromatic N) is 2. The van der Waals surface area contributed by atoms with Crippen LogP contribution in [-0.2, 0) is 19.1 Å². The number of carbonyl (C=O) groups is 2. The van der Waals surface area contributed by atoms with Crippen LogP contribution in [0.1, 0.15) is 38.2 Å². The minimum atomic E-state index is -5.00. The van der Waals surface area contributed by atoms with E-state index >= 15 is 0 Å². The van der Waals surface area contributed by atoms with Gasteiger partial charge in [0.1, 0.15) is 19.0 Å². The molecule has 0 bridgehead atoms. The van der Waals surface area contributed by atoms with Gasteiger partial charge in [0.25, 0.3) is 0 Å². The van der Waals surface area contributed by atoms with E-state index in [4.69, 9.17) is 37.4 Å². The number of likely N-dealkylation sites (tertiary alicyclic amines) is 1. The molecular formula is C24H27Cl2F3N2O5. The minimum absolute atomic E-state index is 0.0743. The van der Waals surface area contributed by atoms with Gasteiger partial charge in [0, 0.05) is 31.3 Å². The molecular weight excluding hydrogens is 524 g/mol. The number of aromatic nitrogens is 1. The second-order valence-corrected chi connectivity index (χ2v) is 9.44. The van der Waals surface area contributed by atoms with Gasteiger partial charge in [0.15, 0.2) is 0 Å². The first kappa shape index (κ1) is 28.1. The first-order valence-corrected chi connectivity index (χ1v) is 12.3. The number of piperidine rings is 1. The molecule has 0 radical (unpaired) electrons. The van der Waals surface area contributed by atoms with E-state index in [0.29, 0.717) is 33.6 Å². The molecule has 0 saturated carbocycles. The monoisotopic (exact) mass is 550 g/mol. The maximum Gasteiger partial charge on any atom is 0.471 e. The SMILES string of the molecule is CCOC(=O)[C@@H]1CN(C(=O)C(F)(F)F)CCC1c1ccc(OCCOC2=C(Cl)C=C(C)CC2Cl)nc1. The molecule has 2 unspecified atom stereocenters. The van der Waals surface area contributed by atoms with Gasteiger partial charge >= 0.3 is 18.1 Å². The quantitative estimate of drug-likeness (QED) is 0.259. The molecule has 1 aromatic heterocycles. The molecule has 36 heavy (non-hydrogen) atoms. The summed E-state index contributed by atoms with van der Waals surface area (Å²) in [5, 5.41) is 0.116. The van der Waals surface area contributed by atoms with Crippen molar-refractivity contribution >= 4 is 35.1 Å². The molecule has 2 heterocycles. The lowest BCUT2D eigenvalue weighted by Gasteiger charge is -2.37. The lowest BCUT2D eigenvalue weighted by molar-refractivity contribution is -0.188. The highest BCUT2D eigenvalue weighted by molar-refractivity contribution is 6.33. The van der Waals surface area contributed by atoms with Crippen molar-refractivity contribution in [1.29, 1.82) is 0 Å². The van der Waals surface area contributed by atoms with E-state index in [0.717, 1.165) is 5.57 Å². The van der Waals surface area contributed by atoms with Crippen LogP contribution in [-0.4, -0.2) is 66.2 Å². The van der Waals surface area contributed by atoms with E-state index in [-0.39, 0.29) is 44.7 Å². The summed E-state index contributed by atoms with van der Waals surface area (Å²) < 4.78 is 55.0. The Hall–Kier alpha value is -2.46. The molecule has 1 fully saturated rings. The second-order valence-electron chi connectivity index (χ2n) is 8.50. The van der Waals surface area contributed by atoms with Crippen molar-refractivity contribution < 1.29 is 37.0 Å². The highest BCUT2D eigenvalue weighted by Crippen LogP contribution is 2.36. The summed E-state index contributed by atoms with van der Waals surface area (Å²) in [5.74, 6) is -3.21. The molecule has 2 aliphatic rings. The van der Waals surface area contributed by atoms with Crippen molar-refractivity contribution in [3.05, 3.63) is 46.3 Å². The van der Waals surface area contributed by atoms with Crippen molar-refractivity contribution in [2.75, 3.05) is 32.9 Å². The summed E-state index contributed by atoms with van der Waals surface area (Å²) in [6, 6.07) is 3.30. The third kappa shape index (κ3) is 7.06. The average molecular weight is 551 g/mol. The summed E-state index contributed by atoms with van der Waals surface area (Å²) in [5.41, 5.74) is 1.71. The fourth-order valence-corrected chi connectivity index (χ4v) is 5.08. The van der Waals surface area contributed by atoms with E-state index in [1.165, 1.54) is 6.20 Å². The number of allylic oxidation sites excluding steroid dienone is 4. The van der Waals surface area contributed by atoms with Gasteiger partial charge in [0.2, 0.25) is 5.88 Å². The Balaban J connectivity index is 1.60. The zero-order valence-corrected chi connectivity index (χ0v) is 21.3. The van der Waals surface area contributed by atoms with Crippen molar-refractivity contribution in [3.8, 4) is 5.88 Å². The lowest BCUT2D eigenvalue weighted by atomic mass is 9.81. The van der Waals surface area contributed by atoms with Gasteiger partial charge in [-0.05, 0) is 38.3 Å². The van der Waals surface area contributed by atoms with Crippen molar-refractivity contribution in [1.82, 2.24) is 9.88 Å². The number of hydrogen-bond acceptors (Lipinski definition) is 6. The fourth-order valence-electron chi connectivity index (χ4n) is 4.23. The average Bonchev–Trinajstić information content (AvgIpc) is 2.82. The molecule has 198 valence electrons. The maximum atomic E-state index is 12.9. The van der Waals surface area contributed by atoms with Crippen LogP contribution >= 0.6 is 23.2 Å². The van der Waals surface area contributed by atoms with E-state index < -0.39 is 29.9 Å². The van der Waals surface area contributed by atoms with E-state index in [9.17, 15) is 22.8 Å². The number of hydrogen-bond donors (Lipinski definition) is 0. The molecule has 3 atom stereocenters. The second kappa shape index (κ2) is 12.2. The molecule has 0 aromatic carbocycles. The van der Waals surface area contributed by atoms with Crippen molar-refractivity contribution in [3.63, 3.8) is 0 Å². The number of pyridine rings is 1. The molecule has 1 aliphatic heterocycles. The number of esters is 1. The molecule has 1 aliphatic carbocycles. The standard InChI is InChI=1S/C24H27Cl2F3N2O5/c1-3-34-22(32)17-13-31(23(33)24(27,28)29)7-6-16(17)15-4-5-20(30-12-15)35-8-9-36-21-18(25)10-14(2)11-19(21)26/h4-5,10,12,16-17,19H,3,6-9,11,13H2,1-2H3/t16?,17-,19?/m1/s1. The predicted molar refractivity (Wildman–Crippen MR) is 127 cm³/mol. The first-order chi connectivity index (χ1) is 17.0. The number of rotatable bonds is 8. The highest BCUT2D eigenvalue weighted by atomic mass is 35.5. The number of halogens is 5. The number of alkyl halides is 4. The maximum absolute atomic E-state index is 12.9. The Labute approximate surface area is 217 Å². The van der Waals surface area contributed by atoms with Gasteiger partial charge in [-0.1, -0.05) is 23.2 Å². The Morgan fingerprint density at radius 1 is 1.22 bits per heavy atom. The minimum Gasteiger partial charge on any atom is -0.491 e. The van der Waals surface area contributed by atoms with Crippen LogP contribution in [0.2, 0.25) is 0 Å². The van der Waals surface area contributed by atoms with Gasteiger partial charge in [-0.3, -0.25) is 9.59 Å². The van der Waals surface area contributed by atoms with Crippen LogP contribution in [0.15, 0.2) is 40.8 Å². The van der Waals surface area contributed by atoms with Gasteiger partial charge in [-0.15, -0.1) is 11.6 Å². The molecule has 1 saturated heterocycles. The van der Waals surface area contributed by atoms with Crippen LogP contribution in [0.3, 0.4) is 0 Å².